The number of hydrogen-bond acceptors (Lipinski definition) is 4. The molecule has 0 aliphatic rings. The Morgan fingerprint density at radius 1 is 1.47 bits per heavy atom. The standard InChI is InChI=1S/C9H17N3O2S/c1-9-7-11-12(8-9)5-3-10-4-6-15(2,13)14/h7-8,10H,3-6H2,1-2H3. The molecule has 0 bridgehead atoms. The molecule has 0 spiro atoms. The maximum atomic E-state index is 10.8. The van der Waals surface area contributed by atoms with Crippen LogP contribution in [0.1, 0.15) is 5.56 Å². The van der Waals surface area contributed by atoms with Crippen LogP contribution in [0.5, 0.6) is 0 Å². The molecule has 0 aromatic carbocycles. The Labute approximate surface area is 90.4 Å². The average Bonchev–Trinajstić information content (AvgIpc) is 2.49. The molecule has 0 radical (unpaired) electrons. The minimum Gasteiger partial charge on any atom is -0.314 e. The van der Waals surface area contributed by atoms with E-state index in [1.807, 2.05) is 17.8 Å². The summed E-state index contributed by atoms with van der Waals surface area (Å²) in [6.07, 6.45) is 5.00. The molecule has 0 fully saturated rings. The Morgan fingerprint density at radius 2 is 2.20 bits per heavy atom. The molecular weight excluding hydrogens is 214 g/mol. The first-order valence-electron chi connectivity index (χ1n) is 4.85. The van der Waals surface area contributed by atoms with Gasteiger partial charge in [-0.3, -0.25) is 4.68 Å². The number of rotatable bonds is 6. The lowest BCUT2D eigenvalue weighted by Gasteiger charge is -2.03. The van der Waals surface area contributed by atoms with Gasteiger partial charge in [-0.15, -0.1) is 0 Å². The average molecular weight is 231 g/mol. The van der Waals surface area contributed by atoms with Crippen LogP contribution in [0.3, 0.4) is 0 Å². The number of sulfone groups is 1. The quantitative estimate of drug-likeness (QED) is 0.690. The van der Waals surface area contributed by atoms with Gasteiger partial charge in [-0.1, -0.05) is 0 Å². The predicted molar refractivity (Wildman–Crippen MR) is 59.5 cm³/mol. The number of aromatic nitrogens is 2. The summed E-state index contributed by atoms with van der Waals surface area (Å²) >= 11 is 0. The third-order valence-corrected chi connectivity index (χ3v) is 2.88. The van der Waals surface area contributed by atoms with E-state index >= 15 is 0 Å². The molecule has 1 N–H and O–H groups in total. The summed E-state index contributed by atoms with van der Waals surface area (Å²) in [7, 11) is -2.85. The van der Waals surface area contributed by atoms with Crippen molar-refractivity contribution in [2.24, 2.45) is 0 Å². The Bertz CT molecular complexity index is 397. The molecule has 1 rings (SSSR count). The van der Waals surface area contributed by atoms with Crippen LogP contribution in [0.15, 0.2) is 12.4 Å². The molecule has 1 aromatic rings. The summed E-state index contributed by atoms with van der Waals surface area (Å²) in [5.41, 5.74) is 1.13. The fourth-order valence-corrected chi connectivity index (χ4v) is 1.68. The molecular formula is C9H17N3O2S. The van der Waals surface area contributed by atoms with Gasteiger partial charge in [0.1, 0.15) is 9.84 Å². The van der Waals surface area contributed by atoms with Crippen molar-refractivity contribution in [3.63, 3.8) is 0 Å². The maximum absolute atomic E-state index is 10.8. The van der Waals surface area contributed by atoms with Gasteiger partial charge in [0, 0.05) is 25.5 Å². The fourth-order valence-electron chi connectivity index (χ4n) is 1.17. The molecule has 1 aromatic heterocycles. The monoisotopic (exact) mass is 231 g/mol. The first-order valence-corrected chi connectivity index (χ1v) is 6.91. The van der Waals surface area contributed by atoms with E-state index < -0.39 is 9.84 Å². The Morgan fingerprint density at radius 3 is 2.73 bits per heavy atom. The first-order chi connectivity index (χ1) is 6.97. The second-order valence-electron chi connectivity index (χ2n) is 3.66. The van der Waals surface area contributed by atoms with Crippen molar-refractivity contribution in [1.29, 1.82) is 0 Å². The zero-order valence-corrected chi connectivity index (χ0v) is 9.92. The van der Waals surface area contributed by atoms with Gasteiger partial charge in [0.15, 0.2) is 0 Å². The SMILES string of the molecule is Cc1cnn(CCNCCS(C)(=O)=O)c1. The highest BCUT2D eigenvalue weighted by Gasteiger charge is 2.00. The van der Waals surface area contributed by atoms with Gasteiger partial charge in [0.05, 0.1) is 18.5 Å². The van der Waals surface area contributed by atoms with E-state index in [2.05, 4.69) is 10.4 Å². The van der Waals surface area contributed by atoms with Gasteiger partial charge in [-0.2, -0.15) is 5.10 Å². The van der Waals surface area contributed by atoms with Gasteiger partial charge in [-0.05, 0) is 12.5 Å². The smallest absolute Gasteiger partial charge is 0.148 e. The molecule has 0 amide bonds. The Kier molecular flexibility index (Phi) is 4.28. The van der Waals surface area contributed by atoms with E-state index in [0.717, 1.165) is 18.7 Å². The van der Waals surface area contributed by atoms with Gasteiger partial charge in [0.2, 0.25) is 0 Å². The highest BCUT2D eigenvalue weighted by molar-refractivity contribution is 7.90. The van der Waals surface area contributed by atoms with Gasteiger partial charge in [0.25, 0.3) is 0 Å². The number of nitrogens with zero attached hydrogens (tertiary/aromatic N) is 2. The Hall–Kier alpha value is -0.880. The van der Waals surface area contributed by atoms with Crippen molar-refractivity contribution in [3.8, 4) is 0 Å². The van der Waals surface area contributed by atoms with Crippen LogP contribution < -0.4 is 5.32 Å². The second kappa shape index (κ2) is 5.27. The highest BCUT2D eigenvalue weighted by atomic mass is 32.2. The van der Waals surface area contributed by atoms with Crippen molar-refractivity contribution >= 4 is 9.84 Å². The summed E-state index contributed by atoms with van der Waals surface area (Å²) in [5.74, 6) is 0.186. The number of aryl methyl sites for hydroxylation is 1. The van der Waals surface area contributed by atoms with Gasteiger partial charge < -0.3 is 5.32 Å². The maximum Gasteiger partial charge on any atom is 0.148 e. The molecule has 15 heavy (non-hydrogen) atoms. The lowest BCUT2D eigenvalue weighted by molar-refractivity contribution is 0.559. The van der Waals surface area contributed by atoms with E-state index in [9.17, 15) is 8.42 Å². The topological polar surface area (TPSA) is 64.0 Å². The van der Waals surface area contributed by atoms with Gasteiger partial charge in [-0.25, -0.2) is 8.42 Å². The zero-order valence-electron chi connectivity index (χ0n) is 9.10. The number of hydrogen-bond donors (Lipinski definition) is 1. The lowest BCUT2D eigenvalue weighted by atomic mass is 10.4. The van der Waals surface area contributed by atoms with Crippen molar-refractivity contribution in [1.82, 2.24) is 15.1 Å². The van der Waals surface area contributed by atoms with E-state index in [1.54, 1.807) is 6.20 Å². The minimum atomic E-state index is -2.85. The summed E-state index contributed by atoms with van der Waals surface area (Å²) in [6.45, 7) is 3.98. The van der Waals surface area contributed by atoms with Gasteiger partial charge >= 0.3 is 0 Å². The van der Waals surface area contributed by atoms with Crippen LogP contribution in [-0.2, 0) is 16.4 Å². The van der Waals surface area contributed by atoms with Crippen molar-refractivity contribution in [2.75, 3.05) is 25.1 Å². The van der Waals surface area contributed by atoms with Crippen LogP contribution in [0, 0.1) is 6.92 Å². The largest absolute Gasteiger partial charge is 0.314 e. The minimum absolute atomic E-state index is 0.186. The summed E-state index contributed by atoms with van der Waals surface area (Å²) in [6, 6.07) is 0. The van der Waals surface area contributed by atoms with Crippen LogP contribution in [0.2, 0.25) is 0 Å². The lowest BCUT2D eigenvalue weighted by Crippen LogP contribution is -2.25. The van der Waals surface area contributed by atoms with Crippen molar-refractivity contribution < 1.29 is 8.42 Å². The molecule has 6 heteroatoms. The molecule has 0 unspecified atom stereocenters. The normalized spacial score (nSPS) is 11.9. The van der Waals surface area contributed by atoms with Crippen LogP contribution in [-0.4, -0.2) is 43.3 Å². The van der Waals surface area contributed by atoms with E-state index in [0.29, 0.717) is 6.54 Å². The van der Waals surface area contributed by atoms with Crippen LogP contribution in [0.25, 0.3) is 0 Å². The Balaban J connectivity index is 2.12. The molecule has 0 atom stereocenters. The second-order valence-corrected chi connectivity index (χ2v) is 5.92. The number of nitrogens with one attached hydrogen (secondary N) is 1. The molecule has 0 saturated carbocycles. The first kappa shape index (κ1) is 12.2. The molecule has 0 aliphatic heterocycles. The van der Waals surface area contributed by atoms with E-state index in [1.165, 1.54) is 6.26 Å². The zero-order chi connectivity index (χ0) is 11.3. The third kappa shape index (κ3) is 5.54. The highest BCUT2D eigenvalue weighted by Crippen LogP contribution is 1.92. The predicted octanol–water partition coefficient (Wildman–Crippen LogP) is -0.174. The molecule has 1 heterocycles. The third-order valence-electron chi connectivity index (χ3n) is 1.93. The van der Waals surface area contributed by atoms with Crippen LogP contribution in [0.4, 0.5) is 0 Å². The summed E-state index contributed by atoms with van der Waals surface area (Å²) in [5, 5.41) is 7.18. The molecule has 0 saturated heterocycles. The summed E-state index contributed by atoms with van der Waals surface area (Å²) < 4.78 is 23.5. The molecule has 5 nitrogen and oxygen atoms in total. The fraction of sp³-hybridized carbons (Fsp3) is 0.667. The van der Waals surface area contributed by atoms with Crippen molar-refractivity contribution in [2.45, 2.75) is 13.5 Å². The van der Waals surface area contributed by atoms with Crippen molar-refractivity contribution in [3.05, 3.63) is 18.0 Å². The molecule has 86 valence electrons. The summed E-state index contributed by atoms with van der Waals surface area (Å²) in [4.78, 5) is 0. The van der Waals surface area contributed by atoms with E-state index in [4.69, 9.17) is 0 Å². The van der Waals surface area contributed by atoms with E-state index in [-0.39, 0.29) is 5.75 Å². The molecule has 0 aliphatic carbocycles. The van der Waals surface area contributed by atoms with Crippen LogP contribution >= 0.6 is 0 Å².